The molecule has 0 saturated carbocycles. The molecule has 36 heavy (non-hydrogen) atoms. The molecular formula is C26H37N3O6S. The second kappa shape index (κ2) is 11.5. The molecule has 1 aliphatic heterocycles. The number of ether oxygens (including phenoxy) is 2. The van der Waals surface area contributed by atoms with Crippen LogP contribution in [0.25, 0.3) is 0 Å². The van der Waals surface area contributed by atoms with Crippen molar-refractivity contribution in [2.75, 3.05) is 52.8 Å². The van der Waals surface area contributed by atoms with Crippen molar-refractivity contribution >= 4 is 21.6 Å². The van der Waals surface area contributed by atoms with Crippen LogP contribution < -0.4 is 14.4 Å². The smallest absolute Gasteiger partial charge is 0.242 e. The number of sulfonamides is 1. The van der Waals surface area contributed by atoms with Crippen molar-refractivity contribution in [3.63, 3.8) is 0 Å². The van der Waals surface area contributed by atoms with Gasteiger partial charge in [0.15, 0.2) is 0 Å². The Balaban J connectivity index is 1.96. The van der Waals surface area contributed by atoms with Gasteiger partial charge in [-0.25, -0.2) is 8.42 Å². The van der Waals surface area contributed by atoms with Gasteiger partial charge in [0, 0.05) is 44.9 Å². The van der Waals surface area contributed by atoms with Crippen LogP contribution in [0.1, 0.15) is 19.4 Å². The molecule has 0 fully saturated rings. The van der Waals surface area contributed by atoms with E-state index in [0.29, 0.717) is 18.0 Å². The molecule has 9 nitrogen and oxygen atoms in total. The van der Waals surface area contributed by atoms with E-state index in [2.05, 4.69) is 0 Å². The first-order valence-corrected chi connectivity index (χ1v) is 13.4. The molecule has 1 aliphatic rings. The molecule has 1 N–H and O–H groups in total. The van der Waals surface area contributed by atoms with Crippen LogP contribution in [0.3, 0.4) is 0 Å². The number of aliphatic hydroxyl groups excluding tert-OH is 1. The van der Waals surface area contributed by atoms with Crippen molar-refractivity contribution in [3.05, 3.63) is 48.0 Å². The Bertz CT molecular complexity index is 1150. The standard InChI is InChI=1S/C26H37N3O6S/c1-18-15-29(19(2)17-30)26(31)14-20-13-21(27(3)4)7-12-24(20)35-25(18)16-28(5)36(32,33)23-10-8-22(34-6)9-11-23/h7-13,18-19,25,30H,14-17H2,1-6H3/t18-,19-,25-/m1/s1. The van der Waals surface area contributed by atoms with Gasteiger partial charge in [-0.2, -0.15) is 4.31 Å². The molecule has 10 heteroatoms. The summed E-state index contributed by atoms with van der Waals surface area (Å²) in [6, 6.07) is 11.5. The molecule has 0 saturated heterocycles. The monoisotopic (exact) mass is 519 g/mol. The Morgan fingerprint density at radius 1 is 1.17 bits per heavy atom. The number of nitrogens with zero attached hydrogens (tertiary/aromatic N) is 3. The van der Waals surface area contributed by atoms with Gasteiger partial charge in [0.05, 0.1) is 37.6 Å². The van der Waals surface area contributed by atoms with Crippen LogP contribution in [0.2, 0.25) is 0 Å². The van der Waals surface area contributed by atoms with E-state index in [-0.39, 0.29) is 42.3 Å². The first-order valence-electron chi connectivity index (χ1n) is 12.0. The highest BCUT2D eigenvalue weighted by Crippen LogP contribution is 2.30. The van der Waals surface area contributed by atoms with E-state index in [1.54, 1.807) is 24.0 Å². The van der Waals surface area contributed by atoms with Crippen molar-refractivity contribution in [1.82, 2.24) is 9.21 Å². The van der Waals surface area contributed by atoms with Gasteiger partial charge in [-0.1, -0.05) is 6.92 Å². The van der Waals surface area contributed by atoms with Gasteiger partial charge in [-0.15, -0.1) is 0 Å². The van der Waals surface area contributed by atoms with E-state index in [9.17, 15) is 18.3 Å². The zero-order chi connectivity index (χ0) is 26.6. The molecule has 2 aromatic carbocycles. The van der Waals surface area contributed by atoms with E-state index in [0.717, 1.165) is 11.3 Å². The number of hydrogen-bond donors (Lipinski definition) is 1. The van der Waals surface area contributed by atoms with Crippen LogP contribution in [0.5, 0.6) is 11.5 Å². The Morgan fingerprint density at radius 2 is 1.83 bits per heavy atom. The van der Waals surface area contributed by atoms with Crippen LogP contribution in [0.15, 0.2) is 47.4 Å². The summed E-state index contributed by atoms with van der Waals surface area (Å²) in [7, 11) is 3.10. The average Bonchev–Trinajstić information content (AvgIpc) is 2.90. The van der Waals surface area contributed by atoms with Crippen LogP contribution in [-0.4, -0.2) is 88.7 Å². The minimum absolute atomic E-state index is 0.0833. The molecular weight excluding hydrogens is 482 g/mol. The fourth-order valence-corrected chi connectivity index (χ4v) is 5.37. The van der Waals surface area contributed by atoms with Crippen molar-refractivity contribution in [2.24, 2.45) is 5.92 Å². The highest BCUT2D eigenvalue weighted by molar-refractivity contribution is 7.89. The topological polar surface area (TPSA) is 99.6 Å². The molecule has 0 bridgehead atoms. The Hall–Kier alpha value is -2.82. The maximum atomic E-state index is 13.3. The van der Waals surface area contributed by atoms with Crippen LogP contribution in [0.4, 0.5) is 5.69 Å². The van der Waals surface area contributed by atoms with Gasteiger partial charge in [0.25, 0.3) is 0 Å². The second-order valence-electron chi connectivity index (χ2n) is 9.54. The molecule has 1 heterocycles. The fraction of sp³-hybridized carbons (Fsp3) is 0.500. The first kappa shape index (κ1) is 27.8. The maximum Gasteiger partial charge on any atom is 0.242 e. The maximum absolute atomic E-state index is 13.3. The molecule has 3 rings (SSSR count). The zero-order valence-electron chi connectivity index (χ0n) is 21.8. The molecule has 2 aromatic rings. The van der Waals surface area contributed by atoms with Gasteiger partial charge >= 0.3 is 0 Å². The predicted molar refractivity (Wildman–Crippen MR) is 139 cm³/mol. The average molecular weight is 520 g/mol. The van der Waals surface area contributed by atoms with E-state index in [1.807, 2.05) is 44.1 Å². The number of anilines is 1. The van der Waals surface area contributed by atoms with Gasteiger partial charge in [-0.3, -0.25) is 4.79 Å². The summed E-state index contributed by atoms with van der Waals surface area (Å²) in [6.45, 7) is 3.98. The lowest BCUT2D eigenvalue weighted by Crippen LogP contribution is -2.48. The largest absolute Gasteiger partial charge is 0.497 e. The summed E-state index contributed by atoms with van der Waals surface area (Å²) in [5, 5.41) is 9.79. The summed E-state index contributed by atoms with van der Waals surface area (Å²) < 4.78 is 39.4. The lowest BCUT2D eigenvalue weighted by atomic mass is 10.0. The molecule has 0 aromatic heterocycles. The third-order valence-electron chi connectivity index (χ3n) is 6.62. The van der Waals surface area contributed by atoms with Crippen molar-refractivity contribution in [1.29, 1.82) is 0 Å². The van der Waals surface area contributed by atoms with E-state index in [4.69, 9.17) is 9.47 Å². The number of carbonyl (C=O) groups is 1. The molecule has 198 valence electrons. The number of methoxy groups -OCH3 is 1. The summed E-state index contributed by atoms with van der Waals surface area (Å²) in [5.41, 5.74) is 1.65. The van der Waals surface area contributed by atoms with Gasteiger partial charge in [-0.05, 0) is 49.4 Å². The third-order valence-corrected chi connectivity index (χ3v) is 8.46. The van der Waals surface area contributed by atoms with Crippen LogP contribution in [-0.2, 0) is 21.2 Å². The Labute approximate surface area is 214 Å². The Morgan fingerprint density at radius 3 is 2.42 bits per heavy atom. The fourth-order valence-electron chi connectivity index (χ4n) is 4.19. The van der Waals surface area contributed by atoms with Crippen LogP contribution >= 0.6 is 0 Å². The quantitative estimate of drug-likeness (QED) is 0.571. The number of aliphatic hydroxyl groups is 1. The van der Waals surface area contributed by atoms with Crippen molar-refractivity contribution in [2.45, 2.75) is 37.3 Å². The third kappa shape index (κ3) is 6.11. The number of amides is 1. The molecule has 0 aliphatic carbocycles. The van der Waals surface area contributed by atoms with E-state index >= 15 is 0 Å². The molecule has 0 unspecified atom stereocenters. The van der Waals surface area contributed by atoms with E-state index < -0.39 is 16.1 Å². The molecule has 1 amide bonds. The number of benzene rings is 2. The van der Waals surface area contributed by atoms with Gasteiger partial charge in [0.2, 0.25) is 15.9 Å². The number of hydrogen-bond acceptors (Lipinski definition) is 7. The molecule has 0 radical (unpaired) electrons. The summed E-state index contributed by atoms with van der Waals surface area (Å²) in [5.74, 6) is 0.806. The van der Waals surface area contributed by atoms with Gasteiger partial charge < -0.3 is 24.4 Å². The van der Waals surface area contributed by atoms with Crippen molar-refractivity contribution < 1.29 is 27.8 Å². The lowest BCUT2D eigenvalue weighted by Gasteiger charge is -2.33. The summed E-state index contributed by atoms with van der Waals surface area (Å²) in [6.07, 6.45) is -0.410. The van der Waals surface area contributed by atoms with Gasteiger partial charge in [0.1, 0.15) is 17.6 Å². The normalized spacial score (nSPS) is 19.6. The van der Waals surface area contributed by atoms with Crippen LogP contribution in [0, 0.1) is 5.92 Å². The summed E-state index contributed by atoms with van der Waals surface area (Å²) in [4.78, 5) is 17.0. The zero-order valence-corrected chi connectivity index (χ0v) is 22.7. The highest BCUT2D eigenvalue weighted by Gasteiger charge is 2.33. The number of carbonyl (C=O) groups excluding carboxylic acids is 1. The Kier molecular flexibility index (Phi) is 8.86. The lowest BCUT2D eigenvalue weighted by molar-refractivity contribution is -0.134. The van der Waals surface area contributed by atoms with E-state index in [1.165, 1.54) is 30.6 Å². The highest BCUT2D eigenvalue weighted by atomic mass is 32.2. The second-order valence-corrected chi connectivity index (χ2v) is 11.6. The summed E-state index contributed by atoms with van der Waals surface area (Å²) >= 11 is 0. The first-order chi connectivity index (χ1) is 17.0. The van der Waals surface area contributed by atoms with Crippen molar-refractivity contribution in [3.8, 4) is 11.5 Å². The SMILES string of the molecule is COc1ccc(S(=O)(=O)N(C)C[C@H]2Oc3ccc(N(C)C)cc3CC(=O)N([C@H](C)CO)C[C@H]2C)cc1. The number of likely N-dealkylation sites (N-methyl/N-ethyl adjacent to an activating group) is 1. The minimum atomic E-state index is -3.79. The number of rotatable bonds is 8. The molecule has 3 atom stereocenters. The minimum Gasteiger partial charge on any atom is -0.497 e. The number of fused-ring (bicyclic) bond motifs is 1. The molecule has 0 spiro atoms. The predicted octanol–water partition coefficient (Wildman–Crippen LogP) is 2.23.